The first kappa shape index (κ1) is 10.8. The molecule has 1 aliphatic heterocycles. The van der Waals surface area contributed by atoms with E-state index in [-0.39, 0.29) is 0 Å². The lowest BCUT2D eigenvalue weighted by atomic mass is 9.99. The van der Waals surface area contributed by atoms with Crippen LogP contribution in [0.5, 0.6) is 0 Å². The molecule has 0 aliphatic carbocycles. The fourth-order valence-corrected chi connectivity index (χ4v) is 1.26. The van der Waals surface area contributed by atoms with Crippen LogP contribution in [0.3, 0.4) is 0 Å². The first-order valence-corrected chi connectivity index (χ1v) is 3.95. The van der Waals surface area contributed by atoms with Gasteiger partial charge in [0.1, 0.15) is 24.4 Å². The Morgan fingerprint density at radius 3 is 2.23 bits per heavy atom. The number of aliphatic hydroxyl groups is 4. The second-order valence-corrected chi connectivity index (χ2v) is 2.93. The number of hydrogen-bond acceptors (Lipinski definition) is 6. The zero-order valence-electron chi connectivity index (χ0n) is 7.20. The predicted octanol–water partition coefficient (Wildman–Crippen LogP) is -2.57. The van der Waals surface area contributed by atoms with Gasteiger partial charge >= 0.3 is 0 Å². The normalized spacial score (nSPS) is 46.4. The first-order valence-electron chi connectivity index (χ1n) is 3.95. The minimum Gasteiger partial charge on any atom is -0.394 e. The summed E-state index contributed by atoms with van der Waals surface area (Å²) in [4.78, 5) is 0. The van der Waals surface area contributed by atoms with E-state index < -0.39 is 37.3 Å². The summed E-state index contributed by atoms with van der Waals surface area (Å²) in [5.41, 5.74) is 0. The fraction of sp³-hybridized carbons (Fsp3) is 1.00. The van der Waals surface area contributed by atoms with Gasteiger partial charge in [-0.1, -0.05) is 0 Å². The molecule has 0 radical (unpaired) electrons. The molecule has 0 aromatic heterocycles. The van der Waals surface area contributed by atoms with Crippen LogP contribution in [0.1, 0.15) is 0 Å². The van der Waals surface area contributed by atoms with Gasteiger partial charge in [-0.2, -0.15) is 0 Å². The first-order chi connectivity index (χ1) is 6.11. The summed E-state index contributed by atoms with van der Waals surface area (Å²) in [6.07, 6.45) is -5.91. The van der Waals surface area contributed by atoms with Crippen LogP contribution in [0.4, 0.5) is 0 Å². The predicted molar refractivity (Wildman–Crippen MR) is 40.8 cm³/mol. The smallest absolute Gasteiger partial charge is 0.186 e. The van der Waals surface area contributed by atoms with Crippen LogP contribution in [0.2, 0.25) is 0 Å². The van der Waals surface area contributed by atoms with Gasteiger partial charge in [-0.15, -0.1) is 0 Å². The maximum atomic E-state index is 9.28. The maximum Gasteiger partial charge on any atom is 0.186 e. The molecule has 6 heteroatoms. The van der Waals surface area contributed by atoms with E-state index in [1.54, 1.807) is 0 Å². The molecule has 6 nitrogen and oxygen atoms in total. The van der Waals surface area contributed by atoms with Crippen LogP contribution in [0, 0.1) is 0 Å². The third kappa shape index (κ3) is 1.98. The zero-order chi connectivity index (χ0) is 10.0. The Morgan fingerprint density at radius 2 is 1.77 bits per heavy atom. The number of aliphatic hydroxyl groups excluding tert-OH is 4. The topological polar surface area (TPSA) is 99.4 Å². The van der Waals surface area contributed by atoms with Crippen molar-refractivity contribution in [1.82, 2.24) is 0 Å². The summed E-state index contributed by atoms with van der Waals surface area (Å²) in [7, 11) is 1.30. The molecule has 1 saturated heterocycles. The van der Waals surface area contributed by atoms with Crippen molar-refractivity contribution in [3.05, 3.63) is 0 Å². The molecule has 5 atom stereocenters. The minimum absolute atomic E-state index is 0.440. The number of hydrogen-bond donors (Lipinski definition) is 4. The van der Waals surface area contributed by atoms with Crippen LogP contribution < -0.4 is 0 Å². The van der Waals surface area contributed by atoms with E-state index in [0.29, 0.717) is 0 Å². The summed E-state index contributed by atoms with van der Waals surface area (Å²) >= 11 is 0. The lowest BCUT2D eigenvalue weighted by molar-refractivity contribution is -0.294. The van der Waals surface area contributed by atoms with Gasteiger partial charge in [0, 0.05) is 7.11 Å². The Kier molecular flexibility index (Phi) is 3.60. The molecule has 13 heavy (non-hydrogen) atoms. The van der Waals surface area contributed by atoms with Crippen molar-refractivity contribution in [2.75, 3.05) is 13.7 Å². The van der Waals surface area contributed by atoms with Crippen LogP contribution in [0.15, 0.2) is 0 Å². The van der Waals surface area contributed by atoms with Gasteiger partial charge in [-0.25, -0.2) is 0 Å². The van der Waals surface area contributed by atoms with Crippen molar-refractivity contribution in [2.45, 2.75) is 30.7 Å². The van der Waals surface area contributed by atoms with E-state index in [1.165, 1.54) is 7.11 Å². The Bertz CT molecular complexity index is 143. The van der Waals surface area contributed by atoms with Crippen molar-refractivity contribution in [2.24, 2.45) is 0 Å². The van der Waals surface area contributed by atoms with E-state index in [0.717, 1.165) is 0 Å². The van der Waals surface area contributed by atoms with Gasteiger partial charge in [0.15, 0.2) is 6.29 Å². The molecule has 0 saturated carbocycles. The van der Waals surface area contributed by atoms with Gasteiger partial charge in [0.05, 0.1) is 6.61 Å². The van der Waals surface area contributed by atoms with Crippen molar-refractivity contribution in [3.63, 3.8) is 0 Å². The zero-order valence-corrected chi connectivity index (χ0v) is 7.20. The Hall–Kier alpha value is -0.240. The highest BCUT2D eigenvalue weighted by molar-refractivity contribution is 4.88. The summed E-state index contributed by atoms with van der Waals surface area (Å²) in [5.74, 6) is 0. The van der Waals surface area contributed by atoms with Crippen molar-refractivity contribution in [3.8, 4) is 0 Å². The Balaban J connectivity index is 2.66. The fourth-order valence-electron chi connectivity index (χ4n) is 1.26. The largest absolute Gasteiger partial charge is 0.394 e. The molecule has 1 rings (SSSR count). The summed E-state index contributed by atoms with van der Waals surface area (Å²) in [6.45, 7) is -0.440. The maximum absolute atomic E-state index is 9.28. The van der Waals surface area contributed by atoms with E-state index in [1.807, 2.05) is 0 Å². The molecular formula is C7H14O6. The molecular weight excluding hydrogens is 180 g/mol. The highest BCUT2D eigenvalue weighted by Gasteiger charge is 2.43. The summed E-state index contributed by atoms with van der Waals surface area (Å²) in [6, 6.07) is 0. The lowest BCUT2D eigenvalue weighted by Crippen LogP contribution is -2.58. The Morgan fingerprint density at radius 1 is 1.15 bits per heavy atom. The summed E-state index contributed by atoms with van der Waals surface area (Å²) < 4.78 is 9.65. The number of ether oxygens (including phenoxy) is 2. The molecule has 0 bridgehead atoms. The lowest BCUT2D eigenvalue weighted by Gasteiger charge is -2.38. The van der Waals surface area contributed by atoms with Gasteiger partial charge in [-0.05, 0) is 0 Å². The highest BCUT2D eigenvalue weighted by atomic mass is 16.7. The molecule has 1 heterocycles. The third-order valence-electron chi connectivity index (χ3n) is 2.08. The molecule has 1 unspecified atom stereocenters. The summed E-state index contributed by atoms with van der Waals surface area (Å²) in [5, 5.41) is 36.6. The number of rotatable bonds is 2. The van der Waals surface area contributed by atoms with Crippen LogP contribution in [-0.4, -0.2) is 64.8 Å². The van der Waals surface area contributed by atoms with Gasteiger partial charge in [-0.3, -0.25) is 0 Å². The second-order valence-electron chi connectivity index (χ2n) is 2.93. The van der Waals surface area contributed by atoms with Crippen LogP contribution >= 0.6 is 0 Å². The van der Waals surface area contributed by atoms with E-state index in [2.05, 4.69) is 0 Å². The monoisotopic (exact) mass is 194 g/mol. The molecule has 4 N–H and O–H groups in total. The average Bonchev–Trinajstić information content (AvgIpc) is 2.15. The van der Waals surface area contributed by atoms with Crippen molar-refractivity contribution >= 4 is 0 Å². The minimum atomic E-state index is -1.36. The van der Waals surface area contributed by atoms with E-state index >= 15 is 0 Å². The van der Waals surface area contributed by atoms with E-state index in [9.17, 15) is 15.3 Å². The SMILES string of the molecule is COC1O[C@@H](CO)[C@@H](O)[C@@H](O)[C@@H]1O. The van der Waals surface area contributed by atoms with Crippen molar-refractivity contribution < 1.29 is 29.9 Å². The molecule has 1 aliphatic rings. The van der Waals surface area contributed by atoms with Gasteiger partial charge in [0.25, 0.3) is 0 Å². The average molecular weight is 194 g/mol. The van der Waals surface area contributed by atoms with Gasteiger partial charge < -0.3 is 29.9 Å². The Labute approximate surface area is 75.3 Å². The second kappa shape index (κ2) is 4.32. The standard InChI is InChI=1S/C7H14O6/c1-12-7-6(11)5(10)4(9)3(2-8)13-7/h3-11H,2H2,1H3/t3-,4+,5+,6-,7?/m0/s1. The number of methoxy groups -OCH3 is 1. The molecule has 78 valence electrons. The van der Waals surface area contributed by atoms with E-state index in [4.69, 9.17) is 14.6 Å². The molecule has 0 amide bonds. The molecule has 0 spiro atoms. The highest BCUT2D eigenvalue weighted by Crippen LogP contribution is 2.20. The quantitative estimate of drug-likeness (QED) is 0.386. The third-order valence-corrected chi connectivity index (χ3v) is 2.08. The molecule has 0 aromatic carbocycles. The van der Waals surface area contributed by atoms with Crippen LogP contribution in [-0.2, 0) is 9.47 Å². The molecule has 0 aromatic rings. The van der Waals surface area contributed by atoms with Crippen LogP contribution in [0.25, 0.3) is 0 Å². The molecule has 1 fully saturated rings. The van der Waals surface area contributed by atoms with Crippen molar-refractivity contribution in [1.29, 1.82) is 0 Å². The van der Waals surface area contributed by atoms with Gasteiger partial charge in [0.2, 0.25) is 0 Å².